The molecular weight excluding hydrogens is 160 g/mol. The highest BCUT2D eigenvalue weighted by Gasteiger charge is 1.97. The minimum atomic E-state index is 0.374. The lowest BCUT2D eigenvalue weighted by Gasteiger charge is -1.98. The van der Waals surface area contributed by atoms with E-state index in [9.17, 15) is 4.79 Å². The van der Waals surface area contributed by atoms with Crippen molar-refractivity contribution >= 4 is 5.78 Å². The van der Waals surface area contributed by atoms with Gasteiger partial charge in [-0.15, -0.1) is 0 Å². The Labute approximate surface area is 81.5 Å². The van der Waals surface area contributed by atoms with Crippen LogP contribution < -0.4 is 0 Å². The summed E-state index contributed by atoms with van der Waals surface area (Å²) in [4.78, 5) is 11.0. The van der Waals surface area contributed by atoms with Crippen LogP contribution in [0.2, 0.25) is 0 Å². The Morgan fingerprint density at radius 2 is 2.00 bits per heavy atom. The van der Waals surface area contributed by atoms with Gasteiger partial charge in [-0.05, 0) is 26.7 Å². The number of ketones is 1. The highest BCUT2D eigenvalue weighted by molar-refractivity contribution is 5.77. The van der Waals surface area contributed by atoms with Gasteiger partial charge in [0.1, 0.15) is 5.78 Å². The molecular formula is C12H20O. The Kier molecular flexibility index (Phi) is 7.27. The predicted molar refractivity (Wildman–Crippen MR) is 57.7 cm³/mol. The van der Waals surface area contributed by atoms with Gasteiger partial charge in [0.2, 0.25) is 0 Å². The molecule has 0 radical (unpaired) electrons. The van der Waals surface area contributed by atoms with Crippen molar-refractivity contribution < 1.29 is 4.79 Å². The number of allylic oxidation sites excluding steroid dienone is 4. The Morgan fingerprint density at radius 1 is 1.31 bits per heavy atom. The average Bonchev–Trinajstić information content (AvgIpc) is 2.14. The van der Waals surface area contributed by atoms with Crippen LogP contribution in [0, 0.1) is 0 Å². The Hall–Kier alpha value is -0.850. The fraction of sp³-hybridized carbons (Fsp3) is 0.583. The molecule has 0 aromatic carbocycles. The van der Waals surface area contributed by atoms with Crippen molar-refractivity contribution in [2.75, 3.05) is 0 Å². The third-order valence-electron chi connectivity index (χ3n) is 1.99. The molecule has 0 heterocycles. The minimum Gasteiger partial charge on any atom is -0.300 e. The third-order valence-corrected chi connectivity index (χ3v) is 1.99. The molecule has 1 nitrogen and oxygen atoms in total. The molecule has 0 aliphatic carbocycles. The molecule has 0 saturated heterocycles. The van der Waals surface area contributed by atoms with E-state index in [4.69, 9.17) is 0 Å². The maximum atomic E-state index is 11.0. The van der Waals surface area contributed by atoms with Crippen molar-refractivity contribution in [3.05, 3.63) is 23.8 Å². The smallest absolute Gasteiger partial charge is 0.132 e. The molecule has 0 atom stereocenters. The van der Waals surface area contributed by atoms with Crippen molar-refractivity contribution in [1.82, 2.24) is 0 Å². The normalized spacial score (nSPS) is 12.4. The number of carbonyl (C=O) groups excluding carboxylic acids is 1. The van der Waals surface area contributed by atoms with Crippen LogP contribution in [0.1, 0.15) is 46.5 Å². The van der Waals surface area contributed by atoms with E-state index in [0.717, 1.165) is 19.3 Å². The van der Waals surface area contributed by atoms with Gasteiger partial charge >= 0.3 is 0 Å². The van der Waals surface area contributed by atoms with E-state index in [0.29, 0.717) is 12.2 Å². The average molecular weight is 180 g/mol. The van der Waals surface area contributed by atoms with E-state index in [2.05, 4.69) is 13.0 Å². The van der Waals surface area contributed by atoms with Crippen molar-refractivity contribution in [3.63, 3.8) is 0 Å². The second-order valence-electron chi connectivity index (χ2n) is 3.28. The van der Waals surface area contributed by atoms with Gasteiger partial charge in [0, 0.05) is 12.8 Å². The van der Waals surface area contributed by atoms with E-state index < -0.39 is 0 Å². The van der Waals surface area contributed by atoms with Crippen LogP contribution >= 0.6 is 0 Å². The SMILES string of the molecule is C/C=C\C=C(/C)CCCC(=O)CC. The zero-order chi connectivity index (χ0) is 10.1. The van der Waals surface area contributed by atoms with Gasteiger partial charge in [0.15, 0.2) is 0 Å². The lowest BCUT2D eigenvalue weighted by molar-refractivity contribution is -0.118. The summed E-state index contributed by atoms with van der Waals surface area (Å²) in [6.45, 7) is 6.03. The van der Waals surface area contributed by atoms with Crippen LogP contribution in [0.15, 0.2) is 23.8 Å². The van der Waals surface area contributed by atoms with E-state index in [1.165, 1.54) is 5.57 Å². The van der Waals surface area contributed by atoms with Gasteiger partial charge in [-0.25, -0.2) is 0 Å². The van der Waals surface area contributed by atoms with Gasteiger partial charge in [-0.3, -0.25) is 4.79 Å². The first kappa shape index (κ1) is 12.2. The summed E-state index contributed by atoms with van der Waals surface area (Å²) in [6.07, 6.45) is 9.60. The Balaban J connectivity index is 3.58. The topological polar surface area (TPSA) is 17.1 Å². The number of hydrogen-bond acceptors (Lipinski definition) is 1. The zero-order valence-electron chi connectivity index (χ0n) is 8.97. The molecule has 0 aliphatic rings. The second-order valence-corrected chi connectivity index (χ2v) is 3.28. The summed E-state index contributed by atoms with van der Waals surface area (Å²) in [5.74, 6) is 0.374. The van der Waals surface area contributed by atoms with Crippen molar-refractivity contribution in [1.29, 1.82) is 0 Å². The summed E-state index contributed by atoms with van der Waals surface area (Å²) in [5.41, 5.74) is 1.35. The lowest BCUT2D eigenvalue weighted by atomic mass is 10.1. The van der Waals surface area contributed by atoms with Gasteiger partial charge in [-0.1, -0.05) is 30.7 Å². The first-order valence-electron chi connectivity index (χ1n) is 5.00. The van der Waals surface area contributed by atoms with Crippen molar-refractivity contribution in [3.8, 4) is 0 Å². The first-order valence-corrected chi connectivity index (χ1v) is 5.00. The molecule has 74 valence electrons. The molecule has 0 bridgehead atoms. The third kappa shape index (κ3) is 7.51. The van der Waals surface area contributed by atoms with Gasteiger partial charge < -0.3 is 0 Å². The molecule has 0 N–H and O–H groups in total. The van der Waals surface area contributed by atoms with E-state index in [-0.39, 0.29) is 0 Å². The summed E-state index contributed by atoms with van der Waals surface area (Å²) in [6, 6.07) is 0. The molecule has 0 amide bonds. The summed E-state index contributed by atoms with van der Waals surface area (Å²) >= 11 is 0. The van der Waals surface area contributed by atoms with Crippen LogP contribution in [-0.4, -0.2) is 5.78 Å². The molecule has 1 heteroatoms. The molecule has 0 spiro atoms. The van der Waals surface area contributed by atoms with Crippen molar-refractivity contribution in [2.24, 2.45) is 0 Å². The van der Waals surface area contributed by atoms with E-state index in [1.54, 1.807) is 0 Å². The number of hydrogen-bond donors (Lipinski definition) is 0. The van der Waals surface area contributed by atoms with Crippen LogP contribution in [0.5, 0.6) is 0 Å². The summed E-state index contributed by atoms with van der Waals surface area (Å²) < 4.78 is 0. The van der Waals surface area contributed by atoms with Crippen LogP contribution in [-0.2, 0) is 4.79 Å². The molecule has 0 aromatic heterocycles. The molecule has 0 fully saturated rings. The molecule has 13 heavy (non-hydrogen) atoms. The summed E-state index contributed by atoms with van der Waals surface area (Å²) in [7, 11) is 0. The van der Waals surface area contributed by atoms with Crippen LogP contribution in [0.3, 0.4) is 0 Å². The van der Waals surface area contributed by atoms with Crippen LogP contribution in [0.25, 0.3) is 0 Å². The van der Waals surface area contributed by atoms with Gasteiger partial charge in [0.05, 0.1) is 0 Å². The molecule has 0 saturated carbocycles. The standard InChI is InChI=1S/C12H20O/c1-4-6-8-11(3)9-7-10-12(13)5-2/h4,6,8H,5,7,9-10H2,1-3H3/b6-4-,11-8+. The molecule has 0 rings (SSSR count). The fourth-order valence-electron chi connectivity index (χ4n) is 1.08. The van der Waals surface area contributed by atoms with Crippen LogP contribution in [0.4, 0.5) is 0 Å². The Morgan fingerprint density at radius 3 is 2.54 bits per heavy atom. The molecule has 0 aromatic rings. The van der Waals surface area contributed by atoms with E-state index >= 15 is 0 Å². The monoisotopic (exact) mass is 180 g/mol. The highest BCUT2D eigenvalue weighted by Crippen LogP contribution is 2.07. The quantitative estimate of drug-likeness (QED) is 0.570. The highest BCUT2D eigenvalue weighted by atomic mass is 16.1. The maximum absolute atomic E-state index is 11.0. The van der Waals surface area contributed by atoms with Gasteiger partial charge in [0.25, 0.3) is 0 Å². The molecule has 0 unspecified atom stereocenters. The molecule has 0 aliphatic heterocycles. The number of carbonyl (C=O) groups is 1. The lowest BCUT2D eigenvalue weighted by Crippen LogP contribution is -1.94. The maximum Gasteiger partial charge on any atom is 0.132 e. The number of Topliss-reactive ketones (excluding diaryl/α,β-unsaturated/α-hetero) is 1. The minimum absolute atomic E-state index is 0.374. The zero-order valence-corrected chi connectivity index (χ0v) is 8.97. The predicted octanol–water partition coefficient (Wildman–Crippen LogP) is 3.66. The number of rotatable bonds is 6. The first-order chi connectivity index (χ1) is 6.20. The van der Waals surface area contributed by atoms with E-state index in [1.807, 2.05) is 26.0 Å². The van der Waals surface area contributed by atoms with Crippen molar-refractivity contribution in [2.45, 2.75) is 46.5 Å². The summed E-state index contributed by atoms with van der Waals surface area (Å²) in [5, 5.41) is 0. The second kappa shape index (κ2) is 7.78. The largest absolute Gasteiger partial charge is 0.300 e. The fourth-order valence-corrected chi connectivity index (χ4v) is 1.08. The van der Waals surface area contributed by atoms with Gasteiger partial charge in [-0.2, -0.15) is 0 Å². The Bertz CT molecular complexity index is 199.